The van der Waals surface area contributed by atoms with E-state index in [1.807, 2.05) is 11.0 Å². The zero-order valence-electron chi connectivity index (χ0n) is 18.5. The Kier molecular flexibility index (Phi) is 10.6. The molecule has 1 aromatic carbocycles. The average Bonchev–Trinajstić information content (AvgIpc) is 3.10. The first-order valence-corrected chi connectivity index (χ1v) is 11.2. The van der Waals surface area contributed by atoms with Crippen LogP contribution in [-0.2, 0) is 11.2 Å². The topological polar surface area (TPSA) is 60.0 Å². The Morgan fingerprint density at radius 2 is 1.97 bits per heavy atom. The largest absolute Gasteiger partial charge is 0.357 e. The van der Waals surface area contributed by atoms with Gasteiger partial charge in [0.25, 0.3) is 0 Å². The number of nitrogens with one attached hydrogen (secondary N) is 2. The van der Waals surface area contributed by atoms with Gasteiger partial charge in [-0.25, -0.2) is 0 Å². The second kappa shape index (κ2) is 13.2. The van der Waals surface area contributed by atoms with Crippen molar-refractivity contribution in [1.82, 2.24) is 20.4 Å². The lowest BCUT2D eigenvalue weighted by molar-refractivity contribution is -0.127. The zero-order valence-corrected chi connectivity index (χ0v) is 18.5. The minimum Gasteiger partial charge on any atom is -0.357 e. The summed E-state index contributed by atoms with van der Waals surface area (Å²) < 4.78 is 0. The van der Waals surface area contributed by atoms with Crippen molar-refractivity contribution in [3.63, 3.8) is 0 Å². The number of amides is 1. The molecule has 0 saturated carbocycles. The second-order valence-electron chi connectivity index (χ2n) is 7.73. The molecule has 1 aromatic rings. The average molecular weight is 402 g/mol. The summed E-state index contributed by atoms with van der Waals surface area (Å²) in [5.74, 6) is 1.42. The van der Waals surface area contributed by atoms with Gasteiger partial charge in [-0.1, -0.05) is 44.2 Å². The molecule has 0 aromatic heterocycles. The van der Waals surface area contributed by atoms with Crippen LogP contribution in [0.5, 0.6) is 0 Å². The van der Waals surface area contributed by atoms with Gasteiger partial charge in [-0.3, -0.25) is 9.79 Å². The highest BCUT2D eigenvalue weighted by atomic mass is 16.2. The highest BCUT2D eigenvalue weighted by Crippen LogP contribution is 2.18. The smallest absolute Gasteiger partial charge is 0.223 e. The van der Waals surface area contributed by atoms with Gasteiger partial charge in [0, 0.05) is 51.6 Å². The lowest BCUT2D eigenvalue weighted by atomic mass is 10.1. The monoisotopic (exact) mass is 401 g/mol. The molecule has 1 amide bonds. The molecule has 2 N–H and O–H groups in total. The van der Waals surface area contributed by atoms with Crippen LogP contribution in [0.4, 0.5) is 0 Å². The normalized spacial score (nSPS) is 17.2. The molecule has 162 valence electrons. The Hall–Kier alpha value is -2.08. The number of likely N-dealkylation sites (N-methyl/N-ethyl adjacent to an activating group) is 1. The van der Waals surface area contributed by atoms with Crippen LogP contribution >= 0.6 is 0 Å². The van der Waals surface area contributed by atoms with Gasteiger partial charge < -0.3 is 20.4 Å². The zero-order chi connectivity index (χ0) is 20.9. The Morgan fingerprint density at radius 1 is 1.17 bits per heavy atom. The molecular weight excluding hydrogens is 362 g/mol. The van der Waals surface area contributed by atoms with E-state index in [1.165, 1.54) is 12.0 Å². The van der Waals surface area contributed by atoms with Crippen molar-refractivity contribution in [2.75, 3.05) is 52.4 Å². The van der Waals surface area contributed by atoms with Gasteiger partial charge in [0.2, 0.25) is 5.91 Å². The van der Waals surface area contributed by atoms with Gasteiger partial charge >= 0.3 is 0 Å². The fourth-order valence-electron chi connectivity index (χ4n) is 3.74. The number of benzene rings is 1. The van der Waals surface area contributed by atoms with Gasteiger partial charge in [0.1, 0.15) is 0 Å². The van der Waals surface area contributed by atoms with E-state index in [9.17, 15) is 4.79 Å². The van der Waals surface area contributed by atoms with Crippen LogP contribution in [0.1, 0.15) is 39.2 Å². The van der Waals surface area contributed by atoms with Crippen molar-refractivity contribution < 1.29 is 4.79 Å². The minimum atomic E-state index is 0.261. The summed E-state index contributed by atoms with van der Waals surface area (Å²) in [5, 5.41) is 6.76. The SMILES string of the molecule is CCCN(CC)CCNC(=NCC1CC(=O)N(CCc2ccccc2)C1)NCC. The molecule has 1 aliphatic rings. The molecule has 1 heterocycles. The Bertz CT molecular complexity index is 619. The molecule has 1 unspecified atom stereocenters. The van der Waals surface area contributed by atoms with E-state index in [0.29, 0.717) is 18.9 Å². The van der Waals surface area contributed by atoms with Crippen LogP contribution in [0, 0.1) is 5.92 Å². The Labute approximate surface area is 176 Å². The van der Waals surface area contributed by atoms with E-state index in [0.717, 1.165) is 58.2 Å². The predicted molar refractivity (Wildman–Crippen MR) is 121 cm³/mol. The first kappa shape index (κ1) is 23.2. The molecule has 0 aliphatic carbocycles. The molecule has 1 fully saturated rings. The fourth-order valence-corrected chi connectivity index (χ4v) is 3.74. The maximum atomic E-state index is 12.4. The summed E-state index contributed by atoms with van der Waals surface area (Å²) in [6, 6.07) is 10.4. The molecule has 0 radical (unpaired) electrons. The summed E-state index contributed by atoms with van der Waals surface area (Å²) in [6.45, 7) is 13.7. The van der Waals surface area contributed by atoms with Crippen molar-refractivity contribution in [3.8, 4) is 0 Å². The Balaban J connectivity index is 1.77. The lowest BCUT2D eigenvalue weighted by Crippen LogP contribution is -2.42. The van der Waals surface area contributed by atoms with E-state index >= 15 is 0 Å². The number of aliphatic imine (C=N–C) groups is 1. The van der Waals surface area contributed by atoms with Crippen molar-refractivity contribution >= 4 is 11.9 Å². The summed E-state index contributed by atoms with van der Waals surface area (Å²) in [4.78, 5) is 21.5. The molecule has 0 bridgehead atoms. The number of likely N-dealkylation sites (tertiary alicyclic amines) is 1. The molecular formula is C23H39N5O. The summed E-state index contributed by atoms with van der Waals surface area (Å²) in [7, 11) is 0. The van der Waals surface area contributed by atoms with Crippen LogP contribution < -0.4 is 10.6 Å². The van der Waals surface area contributed by atoms with Crippen molar-refractivity contribution in [3.05, 3.63) is 35.9 Å². The molecule has 29 heavy (non-hydrogen) atoms. The van der Waals surface area contributed by atoms with Gasteiger partial charge in [-0.15, -0.1) is 0 Å². The number of guanidine groups is 1. The van der Waals surface area contributed by atoms with Crippen molar-refractivity contribution in [2.24, 2.45) is 10.9 Å². The third-order valence-corrected chi connectivity index (χ3v) is 5.37. The second-order valence-corrected chi connectivity index (χ2v) is 7.73. The van der Waals surface area contributed by atoms with Gasteiger partial charge in [0.15, 0.2) is 5.96 Å². The van der Waals surface area contributed by atoms with Crippen molar-refractivity contribution in [2.45, 2.75) is 40.0 Å². The van der Waals surface area contributed by atoms with Crippen LogP contribution in [0.25, 0.3) is 0 Å². The quantitative estimate of drug-likeness (QED) is 0.417. The Morgan fingerprint density at radius 3 is 2.66 bits per heavy atom. The van der Waals surface area contributed by atoms with Crippen LogP contribution in [0.2, 0.25) is 0 Å². The van der Waals surface area contributed by atoms with E-state index < -0.39 is 0 Å². The van der Waals surface area contributed by atoms with E-state index in [4.69, 9.17) is 4.99 Å². The lowest BCUT2D eigenvalue weighted by Gasteiger charge is -2.20. The van der Waals surface area contributed by atoms with E-state index in [2.05, 4.69) is 60.6 Å². The van der Waals surface area contributed by atoms with Crippen LogP contribution in [0.15, 0.2) is 35.3 Å². The molecule has 1 saturated heterocycles. The van der Waals surface area contributed by atoms with Gasteiger partial charge in [-0.05, 0) is 38.4 Å². The number of carbonyl (C=O) groups excluding carboxylic acids is 1. The standard InChI is InChI=1S/C23H39N5O/c1-4-14-27(6-3)16-13-25-23(24-5-2)26-18-21-17-22(29)28(19-21)15-12-20-10-8-7-9-11-20/h7-11,21H,4-6,12-19H2,1-3H3,(H2,24,25,26). The van der Waals surface area contributed by atoms with Crippen molar-refractivity contribution in [1.29, 1.82) is 0 Å². The van der Waals surface area contributed by atoms with E-state index in [-0.39, 0.29) is 5.91 Å². The molecule has 2 rings (SSSR count). The highest BCUT2D eigenvalue weighted by Gasteiger charge is 2.28. The first-order chi connectivity index (χ1) is 14.2. The number of carbonyl (C=O) groups is 1. The van der Waals surface area contributed by atoms with Crippen LogP contribution in [-0.4, -0.2) is 74.0 Å². The molecule has 1 atom stereocenters. The molecule has 0 spiro atoms. The maximum Gasteiger partial charge on any atom is 0.223 e. The highest BCUT2D eigenvalue weighted by molar-refractivity contribution is 5.80. The van der Waals surface area contributed by atoms with Gasteiger partial charge in [0.05, 0.1) is 0 Å². The fraction of sp³-hybridized carbons (Fsp3) is 0.652. The predicted octanol–water partition coefficient (Wildman–Crippen LogP) is 2.36. The summed E-state index contributed by atoms with van der Waals surface area (Å²) in [6.07, 6.45) is 2.70. The molecule has 6 heteroatoms. The molecule has 6 nitrogen and oxygen atoms in total. The first-order valence-electron chi connectivity index (χ1n) is 11.2. The van der Waals surface area contributed by atoms with Gasteiger partial charge in [-0.2, -0.15) is 0 Å². The number of hydrogen-bond donors (Lipinski definition) is 2. The number of hydrogen-bond acceptors (Lipinski definition) is 3. The van der Waals surface area contributed by atoms with E-state index in [1.54, 1.807) is 0 Å². The maximum absolute atomic E-state index is 12.4. The third kappa shape index (κ3) is 8.44. The number of rotatable bonds is 12. The summed E-state index contributed by atoms with van der Waals surface area (Å²) >= 11 is 0. The third-order valence-electron chi connectivity index (χ3n) is 5.37. The number of nitrogens with zero attached hydrogens (tertiary/aromatic N) is 3. The molecule has 1 aliphatic heterocycles. The summed E-state index contributed by atoms with van der Waals surface area (Å²) in [5.41, 5.74) is 1.28. The van der Waals surface area contributed by atoms with Crippen LogP contribution in [0.3, 0.4) is 0 Å². The minimum absolute atomic E-state index is 0.261.